The number of nitrogens with zero attached hydrogens (tertiary/aromatic N) is 5. The minimum Gasteiger partial charge on any atom is -0.437 e. The Balaban J connectivity index is 1.48. The Morgan fingerprint density at radius 1 is 1.04 bits per heavy atom. The van der Waals surface area contributed by atoms with Crippen LogP contribution in [0.3, 0.4) is 0 Å². The van der Waals surface area contributed by atoms with Gasteiger partial charge in [-0.3, -0.25) is 9.78 Å². The molecule has 3 aromatic rings. The maximum Gasteiger partial charge on any atom is 0.257 e. The molecule has 3 heterocycles. The summed E-state index contributed by atoms with van der Waals surface area (Å²) in [5.74, 6) is 1.25. The van der Waals surface area contributed by atoms with Gasteiger partial charge in [0.1, 0.15) is 12.1 Å². The number of rotatable bonds is 4. The quantitative estimate of drug-likeness (QED) is 0.710. The van der Waals surface area contributed by atoms with E-state index in [1.807, 2.05) is 35.2 Å². The van der Waals surface area contributed by atoms with Gasteiger partial charge in [-0.1, -0.05) is 18.2 Å². The van der Waals surface area contributed by atoms with E-state index in [9.17, 15) is 4.79 Å². The molecule has 2 aromatic heterocycles. The van der Waals surface area contributed by atoms with Gasteiger partial charge in [-0.25, -0.2) is 15.0 Å². The number of aromatic nitrogens is 4. The standard InChI is InChI=1S/C20H19N5O2/c26-20(16-9-22-14-23-10-16)25-8-4-5-15(13-25)18-11-21-12-19(24-18)27-17-6-2-1-3-7-17/h1-3,6-7,9-12,14-15H,4-5,8,13H2. The Morgan fingerprint density at radius 3 is 2.67 bits per heavy atom. The Kier molecular flexibility index (Phi) is 5.00. The average Bonchev–Trinajstić information content (AvgIpc) is 2.75. The summed E-state index contributed by atoms with van der Waals surface area (Å²) in [6.45, 7) is 1.31. The van der Waals surface area contributed by atoms with Crippen LogP contribution >= 0.6 is 0 Å². The largest absolute Gasteiger partial charge is 0.437 e. The van der Waals surface area contributed by atoms with Crippen LogP contribution in [0, 0.1) is 0 Å². The van der Waals surface area contributed by atoms with E-state index in [0.29, 0.717) is 23.7 Å². The van der Waals surface area contributed by atoms with Gasteiger partial charge in [0.2, 0.25) is 5.88 Å². The Hall–Kier alpha value is -3.35. The lowest BCUT2D eigenvalue weighted by molar-refractivity contribution is 0.0705. The Labute approximate surface area is 157 Å². The molecule has 7 heteroatoms. The van der Waals surface area contributed by atoms with E-state index in [4.69, 9.17) is 4.74 Å². The molecule has 7 nitrogen and oxygen atoms in total. The van der Waals surface area contributed by atoms with Crippen molar-refractivity contribution in [1.29, 1.82) is 0 Å². The monoisotopic (exact) mass is 361 g/mol. The van der Waals surface area contributed by atoms with Crippen molar-refractivity contribution in [2.45, 2.75) is 18.8 Å². The second-order valence-corrected chi connectivity index (χ2v) is 6.41. The molecule has 0 saturated carbocycles. The summed E-state index contributed by atoms with van der Waals surface area (Å²) in [4.78, 5) is 31.2. The first-order chi connectivity index (χ1) is 13.3. The van der Waals surface area contributed by atoms with E-state index >= 15 is 0 Å². The molecule has 0 N–H and O–H groups in total. The SMILES string of the molecule is O=C(c1cncnc1)N1CCCC(c2cncc(Oc3ccccc3)n2)C1. The number of para-hydroxylation sites is 1. The number of likely N-dealkylation sites (tertiary alicyclic amines) is 1. The van der Waals surface area contributed by atoms with Crippen LogP contribution in [0.4, 0.5) is 0 Å². The van der Waals surface area contributed by atoms with Crippen LogP contribution in [-0.4, -0.2) is 43.8 Å². The lowest BCUT2D eigenvalue weighted by Crippen LogP contribution is -2.39. The van der Waals surface area contributed by atoms with Crippen molar-refractivity contribution in [2.75, 3.05) is 13.1 Å². The van der Waals surface area contributed by atoms with Crippen molar-refractivity contribution in [3.63, 3.8) is 0 Å². The number of carbonyl (C=O) groups excluding carboxylic acids is 1. The fourth-order valence-corrected chi connectivity index (χ4v) is 3.21. The first kappa shape index (κ1) is 17.1. The zero-order chi connectivity index (χ0) is 18.5. The number of ether oxygens (including phenoxy) is 1. The van der Waals surface area contributed by atoms with Gasteiger partial charge in [-0.05, 0) is 25.0 Å². The van der Waals surface area contributed by atoms with Gasteiger partial charge >= 0.3 is 0 Å². The van der Waals surface area contributed by atoms with Gasteiger partial charge in [-0.15, -0.1) is 0 Å². The van der Waals surface area contributed by atoms with Crippen LogP contribution < -0.4 is 4.74 Å². The van der Waals surface area contributed by atoms with Crippen molar-refractivity contribution in [3.8, 4) is 11.6 Å². The Morgan fingerprint density at radius 2 is 1.85 bits per heavy atom. The summed E-state index contributed by atoms with van der Waals surface area (Å²) in [5, 5.41) is 0. The molecule has 1 atom stereocenters. The first-order valence-electron chi connectivity index (χ1n) is 8.89. The molecule has 1 saturated heterocycles. The third-order valence-electron chi connectivity index (χ3n) is 4.53. The molecular weight excluding hydrogens is 342 g/mol. The van der Waals surface area contributed by atoms with E-state index in [-0.39, 0.29) is 11.8 Å². The molecule has 1 unspecified atom stereocenters. The normalized spacial score (nSPS) is 16.7. The molecule has 1 amide bonds. The Bertz CT molecular complexity index is 905. The van der Waals surface area contributed by atoms with Gasteiger partial charge in [0.15, 0.2) is 0 Å². The maximum atomic E-state index is 12.7. The molecule has 1 aromatic carbocycles. The molecule has 0 radical (unpaired) electrons. The minimum absolute atomic E-state index is 0.0510. The van der Waals surface area contributed by atoms with Crippen molar-refractivity contribution >= 4 is 5.91 Å². The number of amides is 1. The minimum atomic E-state index is -0.0510. The molecule has 0 bridgehead atoms. The molecular formula is C20H19N5O2. The molecule has 0 aliphatic carbocycles. The zero-order valence-corrected chi connectivity index (χ0v) is 14.7. The first-order valence-corrected chi connectivity index (χ1v) is 8.89. The number of piperidine rings is 1. The lowest BCUT2D eigenvalue weighted by Gasteiger charge is -2.32. The smallest absolute Gasteiger partial charge is 0.257 e. The molecule has 27 heavy (non-hydrogen) atoms. The van der Waals surface area contributed by atoms with Crippen LogP contribution in [0.5, 0.6) is 11.6 Å². The number of benzene rings is 1. The van der Waals surface area contributed by atoms with Crippen LogP contribution in [0.15, 0.2) is 61.4 Å². The molecule has 1 fully saturated rings. The van der Waals surface area contributed by atoms with Gasteiger partial charge < -0.3 is 9.64 Å². The molecule has 136 valence electrons. The summed E-state index contributed by atoms with van der Waals surface area (Å²) < 4.78 is 5.78. The highest BCUT2D eigenvalue weighted by Gasteiger charge is 2.27. The fraction of sp³-hybridized carbons (Fsp3) is 0.250. The van der Waals surface area contributed by atoms with E-state index < -0.39 is 0 Å². The molecule has 1 aliphatic heterocycles. The van der Waals surface area contributed by atoms with Crippen LogP contribution in [0.1, 0.15) is 34.8 Å². The molecule has 1 aliphatic rings. The second kappa shape index (κ2) is 7.90. The van der Waals surface area contributed by atoms with Gasteiger partial charge in [-0.2, -0.15) is 0 Å². The fourth-order valence-electron chi connectivity index (χ4n) is 3.21. The summed E-state index contributed by atoms with van der Waals surface area (Å²) >= 11 is 0. The predicted molar refractivity (Wildman–Crippen MR) is 98.5 cm³/mol. The molecule has 0 spiro atoms. The highest BCUT2D eigenvalue weighted by atomic mass is 16.5. The van der Waals surface area contributed by atoms with Gasteiger partial charge in [0.25, 0.3) is 5.91 Å². The second-order valence-electron chi connectivity index (χ2n) is 6.41. The van der Waals surface area contributed by atoms with Gasteiger partial charge in [0, 0.05) is 37.6 Å². The predicted octanol–water partition coefficient (Wildman–Crippen LogP) is 3.08. The summed E-state index contributed by atoms with van der Waals surface area (Å²) in [7, 11) is 0. The van der Waals surface area contributed by atoms with Crippen LogP contribution in [0.25, 0.3) is 0 Å². The van der Waals surface area contributed by atoms with Crippen LogP contribution in [-0.2, 0) is 0 Å². The van der Waals surface area contributed by atoms with E-state index in [2.05, 4.69) is 19.9 Å². The summed E-state index contributed by atoms with van der Waals surface area (Å²) in [6, 6.07) is 9.49. The third-order valence-corrected chi connectivity index (χ3v) is 4.53. The zero-order valence-electron chi connectivity index (χ0n) is 14.7. The topological polar surface area (TPSA) is 81.1 Å². The summed E-state index contributed by atoms with van der Waals surface area (Å²) in [5.41, 5.74) is 1.34. The van der Waals surface area contributed by atoms with Crippen molar-refractivity contribution in [2.24, 2.45) is 0 Å². The van der Waals surface area contributed by atoms with Crippen molar-refractivity contribution in [3.05, 3.63) is 72.7 Å². The number of hydrogen-bond acceptors (Lipinski definition) is 6. The van der Waals surface area contributed by atoms with Gasteiger partial charge in [0.05, 0.1) is 17.5 Å². The van der Waals surface area contributed by atoms with Crippen molar-refractivity contribution in [1.82, 2.24) is 24.8 Å². The third kappa shape index (κ3) is 4.08. The highest BCUT2D eigenvalue weighted by Crippen LogP contribution is 2.28. The van der Waals surface area contributed by atoms with E-state index in [1.165, 1.54) is 6.33 Å². The highest BCUT2D eigenvalue weighted by molar-refractivity contribution is 5.93. The van der Waals surface area contributed by atoms with Crippen molar-refractivity contribution < 1.29 is 9.53 Å². The van der Waals surface area contributed by atoms with Crippen LogP contribution in [0.2, 0.25) is 0 Å². The lowest BCUT2D eigenvalue weighted by atomic mass is 9.94. The number of hydrogen-bond donors (Lipinski definition) is 0. The summed E-state index contributed by atoms with van der Waals surface area (Å²) in [6.07, 6.45) is 9.74. The van der Waals surface area contributed by atoms with E-state index in [1.54, 1.807) is 24.8 Å². The number of carbonyl (C=O) groups is 1. The maximum absolute atomic E-state index is 12.7. The van der Waals surface area contributed by atoms with E-state index in [0.717, 1.165) is 25.1 Å². The molecule has 4 rings (SSSR count). The average molecular weight is 361 g/mol.